The molecule has 25 heavy (non-hydrogen) atoms. The number of carbonyl (C=O) groups is 1. The Morgan fingerprint density at radius 2 is 2.08 bits per heavy atom. The van der Waals surface area contributed by atoms with Crippen LogP contribution < -0.4 is 5.32 Å². The predicted octanol–water partition coefficient (Wildman–Crippen LogP) is 2.59. The van der Waals surface area contributed by atoms with Crippen LogP contribution in [0, 0.1) is 13.8 Å². The number of amides is 1. The van der Waals surface area contributed by atoms with E-state index >= 15 is 0 Å². The molecule has 0 aliphatic rings. The maximum atomic E-state index is 12.3. The first-order valence-electron chi connectivity index (χ1n) is 8.10. The molecule has 0 radical (unpaired) electrons. The molecule has 1 amide bonds. The Labute approximate surface area is 145 Å². The smallest absolute Gasteiger partial charge is 0.269 e. The molecule has 1 unspecified atom stereocenters. The Balaban J connectivity index is 1.66. The monoisotopic (exact) mass is 339 g/mol. The number of aryl methyl sites for hydroxylation is 2. The van der Waals surface area contributed by atoms with E-state index in [-0.39, 0.29) is 17.7 Å². The van der Waals surface area contributed by atoms with Crippen molar-refractivity contribution in [3.05, 3.63) is 53.5 Å². The summed E-state index contributed by atoms with van der Waals surface area (Å²) < 4.78 is 1.90. The third-order valence-corrected chi connectivity index (χ3v) is 4.02. The van der Waals surface area contributed by atoms with Gasteiger partial charge in [-0.05, 0) is 45.0 Å². The number of aromatic hydroxyl groups is 1. The van der Waals surface area contributed by atoms with Crippen LogP contribution in [0.25, 0.3) is 11.3 Å². The number of aromatic amines is 1. The van der Waals surface area contributed by atoms with E-state index in [1.807, 2.05) is 31.5 Å². The third kappa shape index (κ3) is 3.55. The first-order valence-corrected chi connectivity index (χ1v) is 8.10. The molecule has 2 aromatic heterocycles. The lowest BCUT2D eigenvalue weighted by Crippen LogP contribution is -2.30. The number of nitrogens with one attached hydrogen (secondary N) is 2. The molecule has 0 aliphatic heterocycles. The number of rotatable bonds is 5. The van der Waals surface area contributed by atoms with E-state index in [1.165, 1.54) is 0 Å². The zero-order chi connectivity index (χ0) is 18.0. The van der Waals surface area contributed by atoms with E-state index in [2.05, 4.69) is 20.6 Å². The second-order valence-corrected chi connectivity index (χ2v) is 6.11. The Bertz CT molecular complexity index is 897. The molecule has 0 saturated carbocycles. The first kappa shape index (κ1) is 16.8. The van der Waals surface area contributed by atoms with Gasteiger partial charge in [0.2, 0.25) is 0 Å². The number of phenolic OH excluding ortho intramolecular Hbond substituents is 1. The van der Waals surface area contributed by atoms with Gasteiger partial charge in [-0.3, -0.25) is 14.6 Å². The second kappa shape index (κ2) is 6.80. The van der Waals surface area contributed by atoms with Gasteiger partial charge in [-0.1, -0.05) is 12.1 Å². The molecule has 3 N–H and O–H groups in total. The topological polar surface area (TPSA) is 95.8 Å². The molecule has 0 saturated heterocycles. The number of hydrogen-bond acceptors (Lipinski definition) is 4. The highest BCUT2D eigenvalue weighted by atomic mass is 16.3. The Hall–Kier alpha value is -3.09. The lowest BCUT2D eigenvalue weighted by atomic mass is 10.1. The van der Waals surface area contributed by atoms with Crippen LogP contribution in [0.1, 0.15) is 34.8 Å². The molecule has 0 fully saturated rings. The molecule has 3 aromatic rings. The molecule has 1 aromatic carbocycles. The standard InChI is InChI=1S/C18H21N5O2/c1-11-8-12(2)23(22-11)13(3)10-19-18(25)16-9-15(20-21-16)14-6-4-5-7-17(14)24/h4-9,13,24H,10H2,1-3H3,(H,19,25)(H,20,21). The van der Waals surface area contributed by atoms with Gasteiger partial charge >= 0.3 is 0 Å². The molecule has 0 spiro atoms. The molecular weight excluding hydrogens is 318 g/mol. The second-order valence-electron chi connectivity index (χ2n) is 6.11. The number of phenols is 1. The van der Waals surface area contributed by atoms with Gasteiger partial charge in [-0.15, -0.1) is 0 Å². The van der Waals surface area contributed by atoms with Gasteiger partial charge in [0.1, 0.15) is 11.4 Å². The lowest BCUT2D eigenvalue weighted by molar-refractivity contribution is 0.0942. The maximum Gasteiger partial charge on any atom is 0.269 e. The summed E-state index contributed by atoms with van der Waals surface area (Å²) in [6, 6.07) is 10.5. The number of benzene rings is 1. The van der Waals surface area contributed by atoms with E-state index in [0.717, 1.165) is 11.4 Å². The van der Waals surface area contributed by atoms with Gasteiger partial charge in [-0.25, -0.2) is 0 Å². The average molecular weight is 339 g/mol. The fourth-order valence-electron chi connectivity index (χ4n) is 2.78. The number of aromatic nitrogens is 4. The Morgan fingerprint density at radius 3 is 2.76 bits per heavy atom. The van der Waals surface area contributed by atoms with Crippen molar-refractivity contribution >= 4 is 5.91 Å². The number of para-hydroxylation sites is 1. The van der Waals surface area contributed by atoms with Crippen LogP contribution in [-0.4, -0.2) is 37.5 Å². The molecule has 7 nitrogen and oxygen atoms in total. The molecule has 0 bridgehead atoms. The molecule has 7 heteroatoms. The van der Waals surface area contributed by atoms with Crippen molar-refractivity contribution < 1.29 is 9.90 Å². The summed E-state index contributed by atoms with van der Waals surface area (Å²) in [6.45, 7) is 6.39. The summed E-state index contributed by atoms with van der Waals surface area (Å²) in [5.41, 5.74) is 3.46. The number of nitrogens with zero attached hydrogens (tertiary/aromatic N) is 3. The predicted molar refractivity (Wildman–Crippen MR) is 94.4 cm³/mol. The molecular formula is C18H21N5O2. The summed E-state index contributed by atoms with van der Waals surface area (Å²) >= 11 is 0. The van der Waals surface area contributed by atoms with Crippen LogP contribution in [0.5, 0.6) is 5.75 Å². The maximum absolute atomic E-state index is 12.3. The molecule has 130 valence electrons. The van der Waals surface area contributed by atoms with E-state index in [0.29, 0.717) is 23.5 Å². The third-order valence-electron chi connectivity index (χ3n) is 4.02. The highest BCUT2D eigenvalue weighted by molar-refractivity contribution is 5.93. The Kier molecular flexibility index (Phi) is 4.56. The number of carbonyl (C=O) groups excluding carboxylic acids is 1. The zero-order valence-electron chi connectivity index (χ0n) is 14.4. The first-order chi connectivity index (χ1) is 12.0. The van der Waals surface area contributed by atoms with Crippen molar-refractivity contribution in [2.45, 2.75) is 26.8 Å². The van der Waals surface area contributed by atoms with E-state index in [1.54, 1.807) is 30.3 Å². The van der Waals surface area contributed by atoms with Crippen LogP contribution in [0.4, 0.5) is 0 Å². The number of hydrogen-bond donors (Lipinski definition) is 3. The highest BCUT2D eigenvalue weighted by Crippen LogP contribution is 2.27. The van der Waals surface area contributed by atoms with Crippen LogP contribution in [0.2, 0.25) is 0 Å². The average Bonchev–Trinajstić information content (AvgIpc) is 3.19. The minimum Gasteiger partial charge on any atom is -0.507 e. The van der Waals surface area contributed by atoms with Crippen molar-refractivity contribution in [3.8, 4) is 17.0 Å². The normalized spacial score (nSPS) is 12.1. The Morgan fingerprint density at radius 1 is 1.32 bits per heavy atom. The van der Waals surface area contributed by atoms with Crippen LogP contribution in [-0.2, 0) is 0 Å². The zero-order valence-corrected chi connectivity index (χ0v) is 14.4. The number of H-pyrrole nitrogens is 1. The lowest BCUT2D eigenvalue weighted by Gasteiger charge is -2.14. The van der Waals surface area contributed by atoms with Gasteiger partial charge < -0.3 is 10.4 Å². The fraction of sp³-hybridized carbons (Fsp3) is 0.278. The highest BCUT2D eigenvalue weighted by Gasteiger charge is 2.15. The van der Waals surface area contributed by atoms with E-state index in [9.17, 15) is 9.90 Å². The molecule has 1 atom stereocenters. The summed E-state index contributed by atoms with van der Waals surface area (Å²) in [7, 11) is 0. The van der Waals surface area contributed by atoms with Crippen molar-refractivity contribution in [1.29, 1.82) is 0 Å². The van der Waals surface area contributed by atoms with Crippen LogP contribution in [0.3, 0.4) is 0 Å². The van der Waals surface area contributed by atoms with Crippen LogP contribution in [0.15, 0.2) is 36.4 Å². The van der Waals surface area contributed by atoms with Crippen molar-refractivity contribution in [2.24, 2.45) is 0 Å². The van der Waals surface area contributed by atoms with Crippen LogP contribution >= 0.6 is 0 Å². The summed E-state index contributed by atoms with van der Waals surface area (Å²) in [5.74, 6) is -0.123. The van der Waals surface area contributed by atoms with Gasteiger partial charge in [0.05, 0.1) is 17.4 Å². The van der Waals surface area contributed by atoms with Crippen molar-refractivity contribution in [3.63, 3.8) is 0 Å². The minimum absolute atomic E-state index is 0.0400. The van der Waals surface area contributed by atoms with Gasteiger partial charge in [0.25, 0.3) is 5.91 Å². The molecule has 0 aliphatic carbocycles. The summed E-state index contributed by atoms with van der Waals surface area (Å²) in [6.07, 6.45) is 0. The SMILES string of the molecule is Cc1cc(C)n(C(C)CNC(=O)c2cc(-c3ccccc3O)n[nH]2)n1. The van der Waals surface area contributed by atoms with Gasteiger partial charge in [-0.2, -0.15) is 10.2 Å². The minimum atomic E-state index is -0.248. The van der Waals surface area contributed by atoms with Crippen molar-refractivity contribution in [2.75, 3.05) is 6.54 Å². The van der Waals surface area contributed by atoms with Gasteiger partial charge in [0.15, 0.2) is 0 Å². The van der Waals surface area contributed by atoms with Crippen molar-refractivity contribution in [1.82, 2.24) is 25.3 Å². The fourth-order valence-corrected chi connectivity index (χ4v) is 2.78. The van der Waals surface area contributed by atoms with Gasteiger partial charge in [0, 0.05) is 17.8 Å². The summed E-state index contributed by atoms with van der Waals surface area (Å²) in [5, 5.41) is 24.0. The summed E-state index contributed by atoms with van der Waals surface area (Å²) in [4.78, 5) is 12.3. The van der Waals surface area contributed by atoms with E-state index in [4.69, 9.17) is 0 Å². The largest absolute Gasteiger partial charge is 0.507 e. The van der Waals surface area contributed by atoms with E-state index < -0.39 is 0 Å². The molecule has 2 heterocycles. The quantitative estimate of drug-likeness (QED) is 0.666. The molecule has 3 rings (SSSR count).